The third kappa shape index (κ3) is 4.93. The molecular formula is C22H28O4Si. The van der Waals surface area contributed by atoms with Crippen LogP contribution >= 0.6 is 0 Å². The predicted octanol–water partition coefficient (Wildman–Crippen LogP) is 3.24. The number of hydrogen-bond acceptors (Lipinski definition) is 3. The molecule has 4 nitrogen and oxygen atoms in total. The van der Waals surface area contributed by atoms with Gasteiger partial charge in [-0.15, -0.1) is 0 Å². The Balaban J connectivity index is 2.52. The first-order chi connectivity index (χ1) is 12.8. The maximum Gasteiger partial charge on any atom is 0.303 e. The first-order valence-electron chi connectivity index (χ1n) is 9.21. The first-order valence-corrected chi connectivity index (χ1v) is 11.1. The van der Waals surface area contributed by atoms with Gasteiger partial charge in [-0.2, -0.15) is 0 Å². The van der Waals surface area contributed by atoms with Crippen LogP contribution in [0.2, 0.25) is 5.04 Å². The van der Waals surface area contributed by atoms with Crippen molar-refractivity contribution in [3.8, 4) is 0 Å². The zero-order valence-corrected chi connectivity index (χ0v) is 17.2. The van der Waals surface area contributed by atoms with Crippen LogP contribution in [0.15, 0.2) is 60.7 Å². The summed E-state index contributed by atoms with van der Waals surface area (Å²) in [4.78, 5) is 22.2. The molecule has 27 heavy (non-hydrogen) atoms. The van der Waals surface area contributed by atoms with Crippen molar-refractivity contribution in [3.05, 3.63) is 60.7 Å². The zero-order chi connectivity index (χ0) is 19.9. The molecule has 144 valence electrons. The van der Waals surface area contributed by atoms with Gasteiger partial charge in [0.2, 0.25) is 0 Å². The van der Waals surface area contributed by atoms with Crippen molar-refractivity contribution in [1.29, 1.82) is 0 Å². The Morgan fingerprint density at radius 3 is 1.89 bits per heavy atom. The minimum Gasteiger partial charge on any atom is -0.481 e. The molecule has 0 aromatic heterocycles. The first kappa shape index (κ1) is 21.1. The van der Waals surface area contributed by atoms with E-state index in [9.17, 15) is 14.7 Å². The zero-order valence-electron chi connectivity index (χ0n) is 16.2. The summed E-state index contributed by atoms with van der Waals surface area (Å²) in [6, 6.07) is 20.4. The fraction of sp³-hybridized carbons (Fsp3) is 0.364. The van der Waals surface area contributed by atoms with Crippen molar-refractivity contribution in [3.63, 3.8) is 0 Å². The summed E-state index contributed by atoms with van der Waals surface area (Å²) in [7, 11) is -2.70. The molecule has 0 aliphatic heterocycles. The molecule has 0 heterocycles. The van der Waals surface area contributed by atoms with E-state index in [0.717, 1.165) is 16.7 Å². The standard InChI is InChI=1S/C22H28O4Si/c1-22(2,3)27(19-10-6-4-7-11-19,20-12-8-5-9-13-20)26-17-18(14-15-23)16-21(24)25/h4-13,15,18H,14,16-17H2,1-3H3,(H,24,25)/t18-/m0/s1. The van der Waals surface area contributed by atoms with Crippen LogP contribution in [0, 0.1) is 5.92 Å². The number of carbonyl (C=O) groups is 2. The van der Waals surface area contributed by atoms with Crippen LogP contribution in [0.1, 0.15) is 33.6 Å². The van der Waals surface area contributed by atoms with E-state index in [1.165, 1.54) is 0 Å². The summed E-state index contributed by atoms with van der Waals surface area (Å²) in [6.07, 6.45) is 0.893. The van der Waals surface area contributed by atoms with Gasteiger partial charge in [-0.25, -0.2) is 0 Å². The Kier molecular flexibility index (Phi) is 7.10. The molecule has 0 aliphatic rings. The number of aliphatic carboxylic acids is 1. The third-order valence-electron chi connectivity index (χ3n) is 4.85. The molecule has 0 radical (unpaired) electrons. The average Bonchev–Trinajstić information content (AvgIpc) is 2.62. The van der Waals surface area contributed by atoms with E-state index in [1.54, 1.807) is 0 Å². The van der Waals surface area contributed by atoms with Crippen LogP contribution < -0.4 is 10.4 Å². The number of carboxylic acid groups (broad SMARTS) is 1. The van der Waals surface area contributed by atoms with E-state index in [2.05, 4.69) is 45.0 Å². The van der Waals surface area contributed by atoms with Crippen molar-refractivity contribution >= 4 is 30.9 Å². The quantitative estimate of drug-likeness (QED) is 0.532. The van der Waals surface area contributed by atoms with E-state index in [1.807, 2.05) is 36.4 Å². The third-order valence-corrected chi connectivity index (χ3v) is 9.85. The van der Waals surface area contributed by atoms with Crippen LogP contribution in [-0.4, -0.2) is 32.3 Å². The lowest BCUT2D eigenvalue weighted by Crippen LogP contribution is -2.66. The van der Waals surface area contributed by atoms with E-state index < -0.39 is 14.3 Å². The van der Waals surface area contributed by atoms with E-state index >= 15 is 0 Å². The molecule has 5 heteroatoms. The molecule has 2 rings (SSSR count). The van der Waals surface area contributed by atoms with Crippen LogP contribution in [0.3, 0.4) is 0 Å². The molecular weight excluding hydrogens is 356 g/mol. The van der Waals surface area contributed by atoms with E-state index in [4.69, 9.17) is 4.43 Å². The van der Waals surface area contributed by atoms with Gasteiger partial charge in [0.15, 0.2) is 0 Å². The van der Waals surface area contributed by atoms with Crippen molar-refractivity contribution in [1.82, 2.24) is 0 Å². The van der Waals surface area contributed by atoms with Gasteiger partial charge in [0.05, 0.1) is 6.42 Å². The molecule has 1 N–H and O–H groups in total. The highest BCUT2D eigenvalue weighted by molar-refractivity contribution is 6.99. The highest BCUT2D eigenvalue weighted by Gasteiger charge is 2.50. The SMILES string of the molecule is CC(C)(C)[Si](OC[C@@H](CC=O)CC(=O)O)(c1ccccc1)c1ccccc1. The van der Waals surface area contributed by atoms with Gasteiger partial charge in [0.25, 0.3) is 8.32 Å². The normalized spacial score (nSPS) is 13.1. The summed E-state index contributed by atoms with van der Waals surface area (Å²) < 4.78 is 6.70. The molecule has 0 spiro atoms. The van der Waals surface area contributed by atoms with Crippen molar-refractivity contribution in [2.24, 2.45) is 5.92 Å². The van der Waals surface area contributed by atoms with Gasteiger partial charge in [-0.1, -0.05) is 81.4 Å². The van der Waals surface area contributed by atoms with Crippen LogP contribution in [0.25, 0.3) is 0 Å². The maximum atomic E-state index is 11.2. The van der Waals surface area contributed by atoms with Gasteiger partial charge in [0.1, 0.15) is 6.29 Å². The molecule has 0 bridgehead atoms. The molecule has 0 fully saturated rings. The number of rotatable bonds is 9. The van der Waals surface area contributed by atoms with Crippen LogP contribution in [0.4, 0.5) is 0 Å². The van der Waals surface area contributed by atoms with Gasteiger partial charge in [0, 0.05) is 13.0 Å². The second-order valence-corrected chi connectivity index (χ2v) is 12.1. The number of carbonyl (C=O) groups excluding carboxylic acids is 1. The van der Waals surface area contributed by atoms with E-state index in [0.29, 0.717) is 0 Å². The number of aldehydes is 1. The molecule has 0 amide bonds. The lowest BCUT2D eigenvalue weighted by atomic mass is 10.0. The fourth-order valence-corrected chi connectivity index (χ4v) is 8.24. The summed E-state index contributed by atoms with van der Waals surface area (Å²) >= 11 is 0. The molecule has 2 aromatic carbocycles. The minimum atomic E-state index is -2.70. The lowest BCUT2D eigenvalue weighted by molar-refractivity contribution is -0.138. The summed E-state index contributed by atoms with van der Waals surface area (Å²) in [5.41, 5.74) is 0. The van der Waals surface area contributed by atoms with Crippen molar-refractivity contribution in [2.75, 3.05) is 6.61 Å². The molecule has 0 saturated carbocycles. The summed E-state index contributed by atoms with van der Waals surface area (Å²) in [6.45, 7) is 6.76. The Morgan fingerprint density at radius 1 is 1.04 bits per heavy atom. The molecule has 2 aromatic rings. The number of carboxylic acids is 1. The number of hydrogen-bond donors (Lipinski definition) is 1. The summed E-state index contributed by atoms with van der Waals surface area (Å²) in [5.74, 6) is -1.24. The second kappa shape index (κ2) is 9.11. The predicted molar refractivity (Wildman–Crippen MR) is 110 cm³/mol. The average molecular weight is 385 g/mol. The van der Waals surface area contributed by atoms with Crippen LogP contribution in [0.5, 0.6) is 0 Å². The number of benzene rings is 2. The fourth-order valence-electron chi connectivity index (χ4n) is 3.60. The minimum absolute atomic E-state index is 0.0725. The van der Waals surface area contributed by atoms with E-state index in [-0.39, 0.29) is 30.4 Å². The Hall–Kier alpha value is -2.24. The van der Waals surface area contributed by atoms with Gasteiger partial charge < -0.3 is 14.3 Å². The van der Waals surface area contributed by atoms with Gasteiger partial charge in [-0.3, -0.25) is 4.79 Å². The van der Waals surface area contributed by atoms with Crippen LogP contribution in [-0.2, 0) is 14.0 Å². The Labute approximate surface area is 162 Å². The lowest BCUT2D eigenvalue weighted by Gasteiger charge is -2.43. The maximum absolute atomic E-state index is 11.2. The van der Waals surface area contributed by atoms with Gasteiger partial charge in [-0.05, 0) is 21.3 Å². The topological polar surface area (TPSA) is 63.6 Å². The van der Waals surface area contributed by atoms with Crippen molar-refractivity contribution in [2.45, 2.75) is 38.7 Å². The summed E-state index contributed by atoms with van der Waals surface area (Å²) in [5, 5.41) is 11.3. The smallest absolute Gasteiger partial charge is 0.303 e. The Bertz CT molecular complexity index is 698. The monoisotopic (exact) mass is 384 g/mol. The molecule has 0 unspecified atom stereocenters. The molecule has 1 atom stereocenters. The molecule has 0 aliphatic carbocycles. The highest BCUT2D eigenvalue weighted by atomic mass is 28.4. The largest absolute Gasteiger partial charge is 0.481 e. The second-order valence-electron chi connectivity index (χ2n) is 7.84. The Morgan fingerprint density at radius 2 is 1.52 bits per heavy atom. The van der Waals surface area contributed by atoms with Gasteiger partial charge >= 0.3 is 5.97 Å². The highest BCUT2D eigenvalue weighted by Crippen LogP contribution is 2.37. The van der Waals surface area contributed by atoms with Crippen molar-refractivity contribution < 1.29 is 19.1 Å². The molecule has 0 saturated heterocycles.